The smallest absolute Gasteiger partial charge is 0.394 e. The first-order chi connectivity index (χ1) is 25.0. The molecule has 0 aromatic rings. The lowest BCUT2D eigenvalue weighted by Gasteiger charge is -2.41. The summed E-state index contributed by atoms with van der Waals surface area (Å²) in [4.78, 5) is 13.0. The van der Waals surface area contributed by atoms with Gasteiger partial charge in [-0.25, -0.2) is 4.18 Å². The van der Waals surface area contributed by atoms with Crippen LogP contribution < -0.4 is 5.32 Å². The van der Waals surface area contributed by atoms with Gasteiger partial charge < -0.3 is 35.2 Å². The molecule has 0 aromatic carbocycles. The second-order valence-corrected chi connectivity index (χ2v) is 16.0. The number of hydrogen-bond donors (Lipinski definition) is 6. The van der Waals surface area contributed by atoms with E-state index in [0.29, 0.717) is 12.8 Å². The summed E-state index contributed by atoms with van der Waals surface area (Å²) in [6.07, 6.45) is 21.1. The highest BCUT2D eigenvalue weighted by Crippen LogP contribution is 2.26. The van der Waals surface area contributed by atoms with Gasteiger partial charge in [0, 0.05) is 6.42 Å². The van der Waals surface area contributed by atoms with Crippen molar-refractivity contribution >= 4 is 16.3 Å². The van der Waals surface area contributed by atoms with Crippen LogP contribution in [0.3, 0.4) is 0 Å². The predicted molar refractivity (Wildman–Crippen MR) is 204 cm³/mol. The Morgan fingerprint density at radius 1 is 0.692 bits per heavy atom. The fourth-order valence-corrected chi connectivity index (χ4v) is 7.38. The van der Waals surface area contributed by atoms with E-state index in [9.17, 15) is 33.6 Å². The van der Waals surface area contributed by atoms with Crippen molar-refractivity contribution in [3.63, 3.8) is 0 Å². The lowest BCUT2D eigenvalue weighted by atomic mass is 9.99. The van der Waals surface area contributed by atoms with Gasteiger partial charge >= 0.3 is 10.4 Å². The summed E-state index contributed by atoms with van der Waals surface area (Å²) < 4.78 is 47.5. The average Bonchev–Trinajstić information content (AvgIpc) is 3.11. The minimum absolute atomic E-state index is 0.230. The Balaban J connectivity index is 2.56. The maximum absolute atomic E-state index is 13.0. The molecule has 13 heteroatoms. The Hall–Kier alpha value is -0.900. The predicted octanol–water partition coefficient (Wildman–Crippen LogP) is 7.05. The van der Waals surface area contributed by atoms with Gasteiger partial charge in [0.05, 0.1) is 25.4 Å². The number of rotatable bonds is 35. The molecular weight excluding hydrogens is 690 g/mol. The van der Waals surface area contributed by atoms with E-state index in [4.69, 9.17) is 14.0 Å². The summed E-state index contributed by atoms with van der Waals surface area (Å²) >= 11 is 0. The first-order valence-electron chi connectivity index (χ1n) is 20.9. The molecule has 0 bridgehead atoms. The van der Waals surface area contributed by atoms with Gasteiger partial charge in [0.15, 0.2) is 6.29 Å². The largest absolute Gasteiger partial charge is 0.397 e. The van der Waals surface area contributed by atoms with Crippen LogP contribution in [0.25, 0.3) is 0 Å². The molecule has 52 heavy (non-hydrogen) atoms. The standard InChI is InChI=1S/C39H77NO11S/c1-3-5-7-9-11-13-15-17-19-21-23-25-27-29-35(43)40-32(33(42)28-26-24-22-20-18-16-14-12-10-8-6-4-2)31-49-39-37(45)38(51-52(46,47)48)36(44)34(30-41)50-39/h32-34,36-39,41-42,44-45H,3-31H2,1-2H3,(H,40,43)(H,46,47,48). The van der Waals surface area contributed by atoms with E-state index in [2.05, 4.69) is 23.3 Å². The molecule has 1 fully saturated rings. The van der Waals surface area contributed by atoms with E-state index in [1.807, 2.05) is 0 Å². The first kappa shape index (κ1) is 49.1. The maximum Gasteiger partial charge on any atom is 0.397 e. The molecule has 0 aliphatic carbocycles. The third kappa shape index (κ3) is 24.5. The van der Waals surface area contributed by atoms with Gasteiger partial charge in [-0.15, -0.1) is 0 Å². The van der Waals surface area contributed by atoms with E-state index >= 15 is 0 Å². The van der Waals surface area contributed by atoms with E-state index in [0.717, 1.165) is 51.4 Å². The lowest BCUT2D eigenvalue weighted by Crippen LogP contribution is -2.61. The van der Waals surface area contributed by atoms with Crippen LogP contribution in [0.15, 0.2) is 0 Å². The Morgan fingerprint density at radius 2 is 1.12 bits per heavy atom. The maximum atomic E-state index is 13.0. The third-order valence-electron chi connectivity index (χ3n) is 10.2. The van der Waals surface area contributed by atoms with Crippen LogP contribution in [0, 0.1) is 0 Å². The van der Waals surface area contributed by atoms with Crippen LogP contribution in [0.4, 0.5) is 0 Å². The SMILES string of the molecule is CCCCCCCCCCCCCCCC(=O)NC(COC1OC(CO)C(O)C(OS(=O)(=O)O)C1O)C(O)CCCCCCCCCCCCCC. The van der Waals surface area contributed by atoms with Crippen molar-refractivity contribution in [2.24, 2.45) is 0 Å². The minimum atomic E-state index is -5.07. The number of aliphatic hydroxyl groups excluding tert-OH is 4. The molecule has 7 atom stereocenters. The lowest BCUT2D eigenvalue weighted by molar-refractivity contribution is -0.298. The summed E-state index contributed by atoms with van der Waals surface area (Å²) in [5, 5.41) is 44.6. The van der Waals surface area contributed by atoms with Gasteiger partial charge in [0.2, 0.25) is 5.91 Å². The molecule has 0 saturated carbocycles. The van der Waals surface area contributed by atoms with Gasteiger partial charge in [-0.1, -0.05) is 168 Å². The zero-order valence-corrected chi connectivity index (χ0v) is 33.5. The number of amides is 1. The van der Waals surface area contributed by atoms with Gasteiger partial charge in [-0.05, 0) is 12.8 Å². The van der Waals surface area contributed by atoms with Crippen molar-refractivity contribution in [1.82, 2.24) is 5.32 Å². The van der Waals surface area contributed by atoms with Crippen molar-refractivity contribution in [2.75, 3.05) is 13.2 Å². The first-order valence-corrected chi connectivity index (χ1v) is 22.3. The number of nitrogens with one attached hydrogen (secondary N) is 1. The number of unbranched alkanes of at least 4 members (excludes halogenated alkanes) is 23. The summed E-state index contributed by atoms with van der Waals surface area (Å²) in [7, 11) is -5.07. The van der Waals surface area contributed by atoms with Crippen molar-refractivity contribution in [3.8, 4) is 0 Å². The highest BCUT2D eigenvalue weighted by atomic mass is 32.3. The monoisotopic (exact) mass is 768 g/mol. The molecule has 6 N–H and O–H groups in total. The molecule has 1 heterocycles. The van der Waals surface area contributed by atoms with Gasteiger partial charge in [-0.2, -0.15) is 8.42 Å². The fraction of sp³-hybridized carbons (Fsp3) is 0.974. The van der Waals surface area contributed by atoms with Crippen molar-refractivity contribution in [3.05, 3.63) is 0 Å². The zero-order valence-electron chi connectivity index (χ0n) is 32.6. The van der Waals surface area contributed by atoms with Crippen LogP contribution in [-0.4, -0.2) is 95.4 Å². The number of ether oxygens (including phenoxy) is 2. The summed E-state index contributed by atoms with van der Waals surface area (Å²) in [6.45, 7) is 3.42. The van der Waals surface area contributed by atoms with E-state index in [1.54, 1.807) is 0 Å². The number of carbonyl (C=O) groups is 1. The molecule has 12 nitrogen and oxygen atoms in total. The molecule has 310 valence electrons. The summed E-state index contributed by atoms with van der Waals surface area (Å²) in [6, 6.07) is -0.849. The third-order valence-corrected chi connectivity index (χ3v) is 10.6. The van der Waals surface area contributed by atoms with Crippen molar-refractivity contribution in [1.29, 1.82) is 0 Å². The van der Waals surface area contributed by atoms with Crippen molar-refractivity contribution < 1.29 is 51.8 Å². The Morgan fingerprint density at radius 3 is 1.54 bits per heavy atom. The van der Waals surface area contributed by atoms with Crippen LogP contribution in [0.1, 0.15) is 187 Å². The molecule has 0 aromatic heterocycles. The Kier molecular flexibility index (Phi) is 29.6. The molecule has 7 unspecified atom stereocenters. The number of hydrogen-bond acceptors (Lipinski definition) is 10. The zero-order chi connectivity index (χ0) is 38.5. The molecule has 1 amide bonds. The highest BCUT2D eigenvalue weighted by Gasteiger charge is 2.48. The minimum Gasteiger partial charge on any atom is -0.394 e. The highest BCUT2D eigenvalue weighted by molar-refractivity contribution is 7.80. The molecule has 0 radical (unpaired) electrons. The molecule has 1 rings (SSSR count). The molecule has 0 spiro atoms. The fourth-order valence-electron chi connectivity index (χ4n) is 6.87. The average molecular weight is 768 g/mol. The molecule has 1 aliphatic rings. The number of aliphatic hydroxyl groups is 4. The summed E-state index contributed by atoms with van der Waals surface area (Å²) in [5.74, 6) is -0.230. The van der Waals surface area contributed by atoms with Crippen LogP contribution in [0.5, 0.6) is 0 Å². The molecule has 1 saturated heterocycles. The quantitative estimate of drug-likeness (QED) is 0.0286. The second kappa shape index (κ2) is 31.3. The topological polar surface area (TPSA) is 192 Å². The Labute approximate surface area is 316 Å². The normalized spacial score (nSPS) is 22.0. The van der Waals surface area contributed by atoms with Gasteiger partial charge in [0.25, 0.3) is 0 Å². The van der Waals surface area contributed by atoms with Crippen LogP contribution in [0.2, 0.25) is 0 Å². The van der Waals surface area contributed by atoms with Crippen LogP contribution >= 0.6 is 0 Å². The molecule has 1 aliphatic heterocycles. The number of carbonyl (C=O) groups excluding carboxylic acids is 1. The second-order valence-electron chi connectivity index (χ2n) is 14.9. The van der Waals surface area contributed by atoms with Gasteiger partial charge in [-0.3, -0.25) is 9.35 Å². The van der Waals surface area contributed by atoms with E-state index in [-0.39, 0.29) is 12.5 Å². The summed E-state index contributed by atoms with van der Waals surface area (Å²) in [5.41, 5.74) is 0. The molecular formula is C39H77NO11S. The van der Waals surface area contributed by atoms with Crippen LogP contribution in [-0.2, 0) is 28.9 Å². The Bertz CT molecular complexity index is 957. The van der Waals surface area contributed by atoms with E-state index in [1.165, 1.54) is 109 Å². The van der Waals surface area contributed by atoms with E-state index < -0.39 is 59.9 Å². The van der Waals surface area contributed by atoms with Crippen molar-refractivity contribution in [2.45, 2.75) is 230 Å². The van der Waals surface area contributed by atoms with Gasteiger partial charge in [0.1, 0.15) is 24.4 Å².